The van der Waals surface area contributed by atoms with E-state index in [1.54, 1.807) is 77.0 Å². The molecule has 3 aliphatic carbocycles. The van der Waals surface area contributed by atoms with E-state index in [1.807, 2.05) is 0 Å². The largest absolute Gasteiger partial charge is 0.0971 e. The van der Waals surface area contributed by atoms with Gasteiger partial charge in [0.05, 0.1) is 0 Å². The average Bonchev–Trinajstić information content (AvgIpc) is 2.88. The van der Waals surface area contributed by atoms with Crippen LogP contribution in [0.4, 0.5) is 0 Å². The SMILES string of the molecule is C1CCCCCC(P(C2CCCCCCCCCCC2)C2CCCCCCCCCCC2)CCCCC1. The second kappa shape index (κ2) is 22.2. The van der Waals surface area contributed by atoms with Gasteiger partial charge in [0.15, 0.2) is 0 Å². The third-order valence-electron chi connectivity index (χ3n) is 10.5. The summed E-state index contributed by atoms with van der Waals surface area (Å²) in [4.78, 5) is 0. The lowest BCUT2D eigenvalue weighted by Crippen LogP contribution is -2.25. The van der Waals surface area contributed by atoms with E-state index in [9.17, 15) is 0 Å². The smallest absolute Gasteiger partial charge is 0.0204 e. The average molecular weight is 533 g/mol. The van der Waals surface area contributed by atoms with Crippen LogP contribution >= 0.6 is 7.92 Å². The van der Waals surface area contributed by atoms with Gasteiger partial charge in [0.2, 0.25) is 0 Å². The highest BCUT2D eigenvalue weighted by atomic mass is 31.1. The van der Waals surface area contributed by atoms with E-state index in [-0.39, 0.29) is 7.92 Å². The van der Waals surface area contributed by atoms with Crippen molar-refractivity contribution >= 4 is 7.92 Å². The van der Waals surface area contributed by atoms with Gasteiger partial charge in [-0.2, -0.15) is 0 Å². The second-order valence-corrected chi connectivity index (χ2v) is 16.8. The molecule has 0 aromatic heterocycles. The highest BCUT2D eigenvalue weighted by Gasteiger charge is 2.34. The molecule has 0 heterocycles. The summed E-state index contributed by atoms with van der Waals surface area (Å²) in [7, 11) is 0.191. The first-order valence-corrected chi connectivity index (χ1v) is 19.8. The Hall–Kier alpha value is 0.430. The van der Waals surface area contributed by atoms with E-state index in [0.29, 0.717) is 0 Å². The molecular formula is C36H69P. The van der Waals surface area contributed by atoms with Gasteiger partial charge in [0.25, 0.3) is 0 Å². The van der Waals surface area contributed by atoms with E-state index in [1.165, 1.54) is 135 Å². The highest BCUT2D eigenvalue weighted by molar-refractivity contribution is 7.59. The van der Waals surface area contributed by atoms with Crippen molar-refractivity contribution in [2.24, 2.45) is 0 Å². The van der Waals surface area contributed by atoms with Crippen molar-refractivity contribution in [2.75, 3.05) is 0 Å². The van der Waals surface area contributed by atoms with Crippen LogP contribution in [0.15, 0.2) is 0 Å². The van der Waals surface area contributed by atoms with Crippen LogP contribution in [0.2, 0.25) is 0 Å². The van der Waals surface area contributed by atoms with E-state index >= 15 is 0 Å². The standard InChI is InChI=1S/C36H69P/c1-4-10-16-22-28-34(29-23-17-11-5-1)37(35-30-24-18-12-6-2-7-13-19-25-31-35)36-32-26-20-14-8-3-9-15-21-27-33-36/h34-36H,1-33H2. The Bertz CT molecular complexity index is 394. The van der Waals surface area contributed by atoms with Gasteiger partial charge in [0, 0.05) is 0 Å². The second-order valence-electron chi connectivity index (χ2n) is 13.7. The fourth-order valence-corrected chi connectivity index (χ4v) is 12.9. The molecule has 0 unspecified atom stereocenters. The zero-order valence-corrected chi connectivity index (χ0v) is 26.4. The molecule has 3 fully saturated rings. The third-order valence-corrected chi connectivity index (χ3v) is 14.6. The predicted molar refractivity (Wildman–Crippen MR) is 171 cm³/mol. The van der Waals surface area contributed by atoms with Gasteiger partial charge in [0.1, 0.15) is 0 Å². The van der Waals surface area contributed by atoms with E-state index in [4.69, 9.17) is 0 Å². The first-order chi connectivity index (χ1) is 18.4. The molecule has 0 nitrogen and oxygen atoms in total. The molecule has 0 saturated heterocycles. The molecule has 0 aromatic rings. The Morgan fingerprint density at radius 2 is 0.324 bits per heavy atom. The molecule has 0 aliphatic heterocycles. The summed E-state index contributed by atoms with van der Waals surface area (Å²) in [6, 6.07) is 0. The van der Waals surface area contributed by atoms with E-state index in [0.717, 1.165) is 17.0 Å². The molecule has 0 N–H and O–H groups in total. The molecule has 0 amide bonds. The lowest BCUT2D eigenvalue weighted by Gasteiger charge is -2.41. The van der Waals surface area contributed by atoms with Crippen LogP contribution in [0, 0.1) is 0 Å². The van der Waals surface area contributed by atoms with Crippen molar-refractivity contribution in [1.82, 2.24) is 0 Å². The monoisotopic (exact) mass is 533 g/mol. The summed E-state index contributed by atoms with van der Waals surface area (Å²) < 4.78 is 0. The molecular weight excluding hydrogens is 463 g/mol. The minimum atomic E-state index is 0.191. The van der Waals surface area contributed by atoms with Crippen LogP contribution in [0.3, 0.4) is 0 Å². The van der Waals surface area contributed by atoms with Crippen LogP contribution < -0.4 is 0 Å². The molecule has 3 aliphatic rings. The normalized spacial score (nSPS) is 26.5. The molecule has 218 valence electrons. The Labute approximate surface area is 236 Å². The summed E-state index contributed by atoms with van der Waals surface area (Å²) in [6.07, 6.45) is 51.0. The van der Waals surface area contributed by atoms with Gasteiger partial charge < -0.3 is 0 Å². The van der Waals surface area contributed by atoms with Crippen molar-refractivity contribution < 1.29 is 0 Å². The van der Waals surface area contributed by atoms with Gasteiger partial charge in [-0.25, -0.2) is 0 Å². The number of hydrogen-bond acceptors (Lipinski definition) is 0. The molecule has 1 heteroatoms. The summed E-state index contributed by atoms with van der Waals surface area (Å²) >= 11 is 0. The Kier molecular flexibility index (Phi) is 19.1. The summed E-state index contributed by atoms with van der Waals surface area (Å²) in [5, 5.41) is 0. The predicted octanol–water partition coefficient (Wildman–Crippen LogP) is 13.5. The molecule has 3 rings (SSSR count). The summed E-state index contributed by atoms with van der Waals surface area (Å²) in [5.74, 6) is 0. The number of rotatable bonds is 3. The maximum Gasteiger partial charge on any atom is -0.0204 e. The first-order valence-electron chi connectivity index (χ1n) is 18.2. The molecule has 37 heavy (non-hydrogen) atoms. The van der Waals surface area contributed by atoms with Gasteiger partial charge in [-0.3, -0.25) is 0 Å². The quantitative estimate of drug-likeness (QED) is 0.317. The van der Waals surface area contributed by atoms with Crippen LogP contribution in [0.1, 0.15) is 212 Å². The molecule has 0 atom stereocenters. The van der Waals surface area contributed by atoms with Gasteiger partial charge in [-0.1, -0.05) is 181 Å². The fraction of sp³-hybridized carbons (Fsp3) is 1.00. The summed E-state index contributed by atoms with van der Waals surface area (Å²) in [6.45, 7) is 0. The van der Waals surface area contributed by atoms with Crippen molar-refractivity contribution in [3.05, 3.63) is 0 Å². The molecule has 0 spiro atoms. The highest BCUT2D eigenvalue weighted by Crippen LogP contribution is 2.60. The van der Waals surface area contributed by atoms with Gasteiger partial charge in [-0.15, -0.1) is 0 Å². The third kappa shape index (κ3) is 14.6. The minimum absolute atomic E-state index is 0.191. The lowest BCUT2D eigenvalue weighted by atomic mass is 10.00. The maximum atomic E-state index is 1.61. The first kappa shape index (κ1) is 32.0. The molecule has 0 aromatic carbocycles. The van der Waals surface area contributed by atoms with E-state index < -0.39 is 0 Å². The Morgan fingerprint density at radius 3 is 0.486 bits per heavy atom. The van der Waals surface area contributed by atoms with Crippen molar-refractivity contribution in [1.29, 1.82) is 0 Å². The van der Waals surface area contributed by atoms with Crippen LogP contribution in [0.5, 0.6) is 0 Å². The zero-order chi connectivity index (χ0) is 25.6. The maximum absolute atomic E-state index is 1.61. The summed E-state index contributed by atoms with van der Waals surface area (Å²) in [5.41, 5.74) is 3.35. The van der Waals surface area contributed by atoms with Crippen molar-refractivity contribution in [3.63, 3.8) is 0 Å². The van der Waals surface area contributed by atoms with Crippen molar-refractivity contribution in [3.8, 4) is 0 Å². The van der Waals surface area contributed by atoms with Crippen molar-refractivity contribution in [2.45, 2.75) is 229 Å². The fourth-order valence-electron chi connectivity index (χ4n) is 8.21. The van der Waals surface area contributed by atoms with E-state index in [2.05, 4.69) is 0 Å². The zero-order valence-electron chi connectivity index (χ0n) is 25.5. The van der Waals surface area contributed by atoms with Crippen LogP contribution in [0.25, 0.3) is 0 Å². The molecule has 0 radical (unpaired) electrons. The van der Waals surface area contributed by atoms with Gasteiger partial charge >= 0.3 is 0 Å². The van der Waals surface area contributed by atoms with Crippen LogP contribution in [-0.4, -0.2) is 17.0 Å². The topological polar surface area (TPSA) is 0 Å². The van der Waals surface area contributed by atoms with Crippen LogP contribution in [-0.2, 0) is 0 Å². The minimum Gasteiger partial charge on any atom is -0.0971 e. The Balaban J connectivity index is 1.76. The molecule has 0 bridgehead atoms. The van der Waals surface area contributed by atoms with Gasteiger partial charge in [-0.05, 0) is 55.5 Å². The molecule has 3 saturated carbocycles. The lowest BCUT2D eigenvalue weighted by molar-refractivity contribution is 0.479. The number of hydrogen-bond donors (Lipinski definition) is 0. The Morgan fingerprint density at radius 1 is 0.189 bits per heavy atom.